The van der Waals surface area contributed by atoms with Gasteiger partial charge < -0.3 is 14.6 Å². The summed E-state index contributed by atoms with van der Waals surface area (Å²) < 4.78 is 11.0. The molecule has 2 fully saturated rings. The van der Waals surface area contributed by atoms with Crippen LogP contribution in [0.5, 0.6) is 5.75 Å². The van der Waals surface area contributed by atoms with Crippen molar-refractivity contribution in [2.45, 2.75) is 50.4 Å². The van der Waals surface area contributed by atoms with E-state index >= 15 is 0 Å². The first-order valence-corrected chi connectivity index (χ1v) is 6.64. The molecule has 3 heteroatoms. The summed E-state index contributed by atoms with van der Waals surface area (Å²) in [4.78, 5) is 0. The summed E-state index contributed by atoms with van der Waals surface area (Å²) in [7, 11) is 1.66. The number of hydrogen-bond acceptors (Lipinski definition) is 3. The van der Waals surface area contributed by atoms with Crippen molar-refractivity contribution in [1.82, 2.24) is 0 Å². The Hall–Kier alpha value is -1.06. The predicted molar refractivity (Wildman–Crippen MR) is 68.8 cm³/mol. The fourth-order valence-electron chi connectivity index (χ4n) is 3.42. The van der Waals surface area contributed by atoms with Gasteiger partial charge in [-0.3, -0.25) is 0 Å². The van der Waals surface area contributed by atoms with Crippen LogP contribution in [0.15, 0.2) is 18.2 Å². The summed E-state index contributed by atoms with van der Waals surface area (Å²) in [5, 5.41) is 10.9. The second kappa shape index (κ2) is 4.25. The first-order valence-electron chi connectivity index (χ1n) is 6.64. The standard InChI is InChI=1S/C15H20O3/c1-10-7-11(17-2)5-6-14(10)15(16)8-12-3-4-13(9-15)18-12/h5-7,12-13,16H,3-4,8-9H2,1-2H3. The lowest BCUT2D eigenvalue weighted by molar-refractivity contribution is -0.115. The highest BCUT2D eigenvalue weighted by molar-refractivity contribution is 5.38. The average molecular weight is 248 g/mol. The summed E-state index contributed by atoms with van der Waals surface area (Å²) in [6.07, 6.45) is 4.07. The van der Waals surface area contributed by atoms with Crippen molar-refractivity contribution >= 4 is 0 Å². The Bertz CT molecular complexity index is 443. The minimum absolute atomic E-state index is 0.232. The van der Waals surface area contributed by atoms with Gasteiger partial charge in [0.1, 0.15) is 5.75 Å². The summed E-state index contributed by atoms with van der Waals surface area (Å²) in [5.74, 6) is 0.842. The maximum absolute atomic E-state index is 10.9. The normalized spacial score (nSPS) is 34.6. The molecule has 2 unspecified atom stereocenters. The SMILES string of the molecule is COc1ccc(C2(O)CC3CCC(C2)O3)c(C)c1. The second-order valence-electron chi connectivity index (χ2n) is 5.58. The molecular weight excluding hydrogens is 228 g/mol. The Morgan fingerprint density at radius 2 is 1.94 bits per heavy atom. The van der Waals surface area contributed by atoms with Crippen LogP contribution in [0.1, 0.15) is 36.8 Å². The van der Waals surface area contributed by atoms with Crippen LogP contribution in [0.25, 0.3) is 0 Å². The summed E-state index contributed by atoms with van der Waals surface area (Å²) in [6, 6.07) is 5.92. The number of aryl methyl sites for hydroxylation is 1. The number of ether oxygens (including phenoxy) is 2. The van der Waals surface area contributed by atoms with E-state index in [0.29, 0.717) is 0 Å². The van der Waals surface area contributed by atoms with Crippen molar-refractivity contribution in [3.8, 4) is 5.75 Å². The van der Waals surface area contributed by atoms with Crippen LogP contribution in [0.2, 0.25) is 0 Å². The average Bonchev–Trinajstić information content (AvgIpc) is 2.68. The molecule has 3 rings (SSSR count). The van der Waals surface area contributed by atoms with E-state index in [0.717, 1.165) is 42.6 Å². The smallest absolute Gasteiger partial charge is 0.119 e. The summed E-state index contributed by atoms with van der Waals surface area (Å²) >= 11 is 0. The van der Waals surface area contributed by atoms with Crippen LogP contribution < -0.4 is 4.74 Å². The molecule has 0 spiro atoms. The maximum atomic E-state index is 10.9. The Kier molecular flexibility index (Phi) is 2.83. The van der Waals surface area contributed by atoms with Crippen molar-refractivity contribution in [2.24, 2.45) is 0 Å². The van der Waals surface area contributed by atoms with Crippen LogP contribution in [0, 0.1) is 6.92 Å². The Labute approximate surface area is 108 Å². The van der Waals surface area contributed by atoms with E-state index in [4.69, 9.17) is 9.47 Å². The highest BCUT2D eigenvalue weighted by atomic mass is 16.5. The molecular formula is C15H20O3. The van der Waals surface area contributed by atoms with Crippen LogP contribution in [0.3, 0.4) is 0 Å². The zero-order valence-corrected chi connectivity index (χ0v) is 11.0. The van der Waals surface area contributed by atoms with Gasteiger partial charge in [-0.25, -0.2) is 0 Å². The molecule has 2 saturated heterocycles. The van der Waals surface area contributed by atoms with E-state index < -0.39 is 5.60 Å². The van der Waals surface area contributed by atoms with Gasteiger partial charge in [-0.15, -0.1) is 0 Å². The third kappa shape index (κ3) is 1.91. The number of fused-ring (bicyclic) bond motifs is 2. The van der Waals surface area contributed by atoms with Gasteiger partial charge >= 0.3 is 0 Å². The maximum Gasteiger partial charge on any atom is 0.119 e. The lowest BCUT2D eigenvalue weighted by atomic mass is 9.81. The van der Waals surface area contributed by atoms with E-state index in [9.17, 15) is 5.11 Å². The van der Waals surface area contributed by atoms with Crippen LogP contribution in [-0.2, 0) is 10.3 Å². The number of rotatable bonds is 2. The quantitative estimate of drug-likeness (QED) is 0.874. The Morgan fingerprint density at radius 3 is 2.50 bits per heavy atom. The lowest BCUT2D eigenvalue weighted by Gasteiger charge is -2.37. The van der Waals surface area contributed by atoms with E-state index in [-0.39, 0.29) is 12.2 Å². The van der Waals surface area contributed by atoms with E-state index in [1.54, 1.807) is 7.11 Å². The van der Waals surface area contributed by atoms with Gasteiger partial charge in [-0.1, -0.05) is 6.07 Å². The zero-order valence-electron chi connectivity index (χ0n) is 11.0. The fourth-order valence-corrected chi connectivity index (χ4v) is 3.42. The molecule has 1 aromatic carbocycles. The van der Waals surface area contributed by atoms with Crippen molar-refractivity contribution in [1.29, 1.82) is 0 Å². The van der Waals surface area contributed by atoms with E-state index in [2.05, 4.69) is 0 Å². The second-order valence-corrected chi connectivity index (χ2v) is 5.58. The van der Waals surface area contributed by atoms with Gasteiger partial charge in [0.25, 0.3) is 0 Å². The van der Waals surface area contributed by atoms with Gasteiger partial charge in [0.05, 0.1) is 24.9 Å². The van der Waals surface area contributed by atoms with Gasteiger partial charge in [-0.2, -0.15) is 0 Å². The Morgan fingerprint density at radius 1 is 1.28 bits per heavy atom. The molecule has 18 heavy (non-hydrogen) atoms. The van der Waals surface area contributed by atoms with Gasteiger partial charge in [0.15, 0.2) is 0 Å². The Balaban J connectivity index is 1.94. The van der Waals surface area contributed by atoms with Crippen molar-refractivity contribution < 1.29 is 14.6 Å². The summed E-state index contributed by atoms with van der Waals surface area (Å²) in [6.45, 7) is 2.03. The van der Waals surface area contributed by atoms with E-state index in [1.807, 2.05) is 25.1 Å². The fraction of sp³-hybridized carbons (Fsp3) is 0.600. The van der Waals surface area contributed by atoms with Gasteiger partial charge in [-0.05, 0) is 43.0 Å². The molecule has 0 radical (unpaired) electrons. The molecule has 98 valence electrons. The topological polar surface area (TPSA) is 38.7 Å². The number of methoxy groups -OCH3 is 1. The van der Waals surface area contributed by atoms with Gasteiger partial charge in [0.2, 0.25) is 0 Å². The van der Waals surface area contributed by atoms with Crippen molar-refractivity contribution in [3.63, 3.8) is 0 Å². The lowest BCUT2D eigenvalue weighted by Crippen LogP contribution is -2.39. The van der Waals surface area contributed by atoms with Crippen molar-refractivity contribution in [3.05, 3.63) is 29.3 Å². The minimum Gasteiger partial charge on any atom is -0.497 e. The molecule has 2 aliphatic heterocycles. The molecule has 0 amide bonds. The van der Waals surface area contributed by atoms with Gasteiger partial charge in [0, 0.05) is 12.8 Å². The largest absolute Gasteiger partial charge is 0.497 e. The third-order valence-corrected chi connectivity index (χ3v) is 4.26. The molecule has 1 N–H and O–H groups in total. The minimum atomic E-state index is -0.722. The molecule has 0 aromatic heterocycles. The molecule has 2 bridgehead atoms. The molecule has 2 heterocycles. The summed E-state index contributed by atoms with van der Waals surface area (Å²) in [5.41, 5.74) is 1.40. The highest BCUT2D eigenvalue weighted by Crippen LogP contribution is 2.45. The zero-order chi connectivity index (χ0) is 12.8. The van der Waals surface area contributed by atoms with Crippen LogP contribution in [0.4, 0.5) is 0 Å². The number of benzene rings is 1. The molecule has 1 aromatic rings. The van der Waals surface area contributed by atoms with E-state index in [1.165, 1.54) is 0 Å². The molecule has 0 saturated carbocycles. The number of aliphatic hydroxyl groups is 1. The predicted octanol–water partition coefficient (Wildman–Crippen LogP) is 2.53. The monoisotopic (exact) mass is 248 g/mol. The third-order valence-electron chi connectivity index (χ3n) is 4.26. The van der Waals surface area contributed by atoms with Crippen LogP contribution in [-0.4, -0.2) is 24.4 Å². The first-order chi connectivity index (χ1) is 8.60. The molecule has 0 aliphatic carbocycles. The molecule has 2 atom stereocenters. The number of hydrogen-bond donors (Lipinski definition) is 1. The molecule has 2 aliphatic rings. The van der Waals surface area contributed by atoms with Crippen molar-refractivity contribution in [2.75, 3.05) is 7.11 Å². The first kappa shape index (κ1) is 12.0. The highest BCUT2D eigenvalue weighted by Gasteiger charge is 2.45. The molecule has 3 nitrogen and oxygen atoms in total. The van der Waals surface area contributed by atoms with Crippen LogP contribution >= 0.6 is 0 Å².